The molecule has 0 saturated heterocycles. The SMILES string of the molecule is CC(C)=C=[C-]C=C=C(C)C.[Li+]. The molecular weight excluding hydrogens is 127 g/mol. The number of hydrogen-bond acceptors (Lipinski definition) is 0. The van der Waals surface area contributed by atoms with Crippen molar-refractivity contribution in [2.75, 3.05) is 0 Å². The largest absolute Gasteiger partial charge is 1.00 e. The molecule has 0 rings (SSSR count). The fraction of sp³-hybridized carbons (Fsp3) is 0.400. The molecule has 0 aromatic rings. The predicted octanol–water partition coefficient (Wildman–Crippen LogP) is 0.0362. The topological polar surface area (TPSA) is 0 Å². The first-order chi connectivity index (χ1) is 4.63. The molecule has 0 aromatic heterocycles. The van der Waals surface area contributed by atoms with Gasteiger partial charge in [0, 0.05) is 0 Å². The minimum absolute atomic E-state index is 0. The van der Waals surface area contributed by atoms with Crippen LogP contribution in [0.25, 0.3) is 0 Å². The maximum Gasteiger partial charge on any atom is 1.00 e. The predicted molar refractivity (Wildman–Crippen MR) is 44.6 cm³/mol. The van der Waals surface area contributed by atoms with E-state index in [1.54, 1.807) is 6.08 Å². The molecule has 11 heavy (non-hydrogen) atoms. The Morgan fingerprint density at radius 2 is 1.64 bits per heavy atom. The first-order valence-corrected chi connectivity index (χ1v) is 3.33. The van der Waals surface area contributed by atoms with E-state index in [1.165, 1.54) is 0 Å². The summed E-state index contributed by atoms with van der Waals surface area (Å²) in [7, 11) is 0. The van der Waals surface area contributed by atoms with Crippen molar-refractivity contribution in [2.45, 2.75) is 27.7 Å². The van der Waals surface area contributed by atoms with E-state index in [4.69, 9.17) is 0 Å². The van der Waals surface area contributed by atoms with Gasteiger partial charge in [-0.15, -0.1) is 23.3 Å². The van der Waals surface area contributed by atoms with Crippen molar-refractivity contribution >= 4 is 0 Å². The summed E-state index contributed by atoms with van der Waals surface area (Å²) in [6, 6.07) is 0. The van der Waals surface area contributed by atoms with Crippen LogP contribution in [0.5, 0.6) is 0 Å². The molecule has 0 unspecified atom stereocenters. The average Bonchev–Trinajstić information content (AvgIpc) is 1.79. The zero-order chi connectivity index (χ0) is 7.98. The first-order valence-electron chi connectivity index (χ1n) is 3.33. The quantitative estimate of drug-likeness (QED) is 0.209. The maximum atomic E-state index is 3.01. The molecule has 0 saturated carbocycles. The third kappa shape index (κ3) is 12.8. The molecule has 0 amide bonds. The van der Waals surface area contributed by atoms with Crippen LogP contribution in [-0.4, -0.2) is 0 Å². The minimum Gasteiger partial charge on any atom is -0.272 e. The van der Waals surface area contributed by atoms with Crippen LogP contribution in [0.2, 0.25) is 0 Å². The average molecular weight is 140 g/mol. The summed E-state index contributed by atoms with van der Waals surface area (Å²) in [5.74, 6) is 0. The summed E-state index contributed by atoms with van der Waals surface area (Å²) < 4.78 is 0. The van der Waals surface area contributed by atoms with E-state index in [-0.39, 0.29) is 18.9 Å². The Hall–Kier alpha value is -0.363. The summed E-state index contributed by atoms with van der Waals surface area (Å²) in [6.07, 6.45) is 4.62. The van der Waals surface area contributed by atoms with E-state index in [0.717, 1.165) is 11.1 Å². The van der Waals surface area contributed by atoms with Gasteiger partial charge in [0.2, 0.25) is 0 Å². The molecule has 0 N–H and O–H groups in total. The van der Waals surface area contributed by atoms with Crippen LogP contribution in [0, 0.1) is 6.08 Å². The van der Waals surface area contributed by atoms with Crippen LogP contribution < -0.4 is 18.9 Å². The van der Waals surface area contributed by atoms with Crippen molar-refractivity contribution in [1.82, 2.24) is 0 Å². The Balaban J connectivity index is 0. The van der Waals surface area contributed by atoms with Crippen LogP contribution >= 0.6 is 0 Å². The van der Waals surface area contributed by atoms with E-state index >= 15 is 0 Å². The molecule has 0 bridgehead atoms. The molecule has 1 heteroatoms. The second-order valence-electron chi connectivity index (χ2n) is 2.56. The van der Waals surface area contributed by atoms with Gasteiger partial charge >= 0.3 is 18.9 Å². The first kappa shape index (κ1) is 13.2. The van der Waals surface area contributed by atoms with Gasteiger partial charge in [-0.3, -0.25) is 11.5 Å². The molecule has 0 aliphatic heterocycles. The summed E-state index contributed by atoms with van der Waals surface area (Å²) in [4.78, 5) is 0. The molecule has 54 valence electrons. The molecule has 0 spiro atoms. The minimum atomic E-state index is 0. The van der Waals surface area contributed by atoms with E-state index in [2.05, 4.69) is 17.5 Å². The Bertz CT molecular complexity index is 187. The molecular formula is C10H13Li. The Morgan fingerprint density at radius 1 is 1.09 bits per heavy atom. The zero-order valence-electron chi connectivity index (χ0n) is 8.08. The maximum absolute atomic E-state index is 3.01. The van der Waals surface area contributed by atoms with Gasteiger partial charge in [0.25, 0.3) is 0 Å². The van der Waals surface area contributed by atoms with Crippen LogP contribution in [0.1, 0.15) is 27.7 Å². The Kier molecular flexibility index (Phi) is 9.32. The second-order valence-corrected chi connectivity index (χ2v) is 2.56. The number of hydrogen-bond donors (Lipinski definition) is 0. The van der Waals surface area contributed by atoms with Gasteiger partial charge in [-0.25, -0.2) is 0 Å². The van der Waals surface area contributed by atoms with Gasteiger partial charge in [-0.2, -0.15) is 0 Å². The van der Waals surface area contributed by atoms with Gasteiger partial charge < -0.3 is 0 Å². The van der Waals surface area contributed by atoms with E-state index in [9.17, 15) is 0 Å². The smallest absolute Gasteiger partial charge is 0.272 e. The van der Waals surface area contributed by atoms with Crippen LogP contribution in [-0.2, 0) is 0 Å². The fourth-order valence-electron chi connectivity index (χ4n) is 0.361. The molecule has 0 fully saturated rings. The van der Waals surface area contributed by atoms with Gasteiger partial charge in [0.15, 0.2) is 0 Å². The summed E-state index contributed by atoms with van der Waals surface area (Å²) >= 11 is 0. The molecule has 0 nitrogen and oxygen atoms in total. The summed E-state index contributed by atoms with van der Waals surface area (Å²) in [5, 5.41) is 0. The summed E-state index contributed by atoms with van der Waals surface area (Å²) in [5.41, 5.74) is 8.23. The monoisotopic (exact) mass is 140 g/mol. The Labute approximate surface area is 81.6 Å². The van der Waals surface area contributed by atoms with Crippen molar-refractivity contribution in [3.05, 3.63) is 34.8 Å². The second kappa shape index (κ2) is 7.74. The van der Waals surface area contributed by atoms with Gasteiger partial charge in [-0.1, -0.05) is 13.8 Å². The molecule has 0 aliphatic carbocycles. The van der Waals surface area contributed by atoms with Crippen molar-refractivity contribution in [3.8, 4) is 0 Å². The number of rotatable bonds is 1. The van der Waals surface area contributed by atoms with E-state index in [0.29, 0.717) is 0 Å². The van der Waals surface area contributed by atoms with Crippen molar-refractivity contribution in [3.63, 3.8) is 0 Å². The summed E-state index contributed by atoms with van der Waals surface area (Å²) in [6.45, 7) is 7.98. The van der Waals surface area contributed by atoms with E-state index < -0.39 is 0 Å². The van der Waals surface area contributed by atoms with Crippen LogP contribution in [0.15, 0.2) is 28.7 Å². The standard InChI is InChI=1S/C10H13.Li/c1-9(2)7-5-6-8-10(3)4;/h5H,1-4H3;/q-1;+1. The third-order valence-electron chi connectivity index (χ3n) is 0.755. The van der Waals surface area contributed by atoms with Gasteiger partial charge in [0.05, 0.1) is 0 Å². The van der Waals surface area contributed by atoms with Gasteiger partial charge in [-0.05, 0) is 13.8 Å². The van der Waals surface area contributed by atoms with Gasteiger partial charge in [0.1, 0.15) is 0 Å². The van der Waals surface area contributed by atoms with Crippen molar-refractivity contribution < 1.29 is 18.9 Å². The zero-order valence-corrected chi connectivity index (χ0v) is 8.08. The molecule has 0 heterocycles. The fourth-order valence-corrected chi connectivity index (χ4v) is 0.361. The molecule has 0 radical (unpaired) electrons. The van der Waals surface area contributed by atoms with Crippen molar-refractivity contribution in [2.24, 2.45) is 0 Å². The number of allylic oxidation sites excluding steroid dienone is 2. The van der Waals surface area contributed by atoms with Crippen LogP contribution in [0.3, 0.4) is 0 Å². The van der Waals surface area contributed by atoms with E-state index in [1.807, 2.05) is 27.7 Å². The molecule has 0 atom stereocenters. The molecule has 0 aliphatic rings. The van der Waals surface area contributed by atoms with Crippen molar-refractivity contribution in [1.29, 1.82) is 0 Å². The molecule has 0 aromatic carbocycles. The Morgan fingerprint density at radius 3 is 2.00 bits per heavy atom. The third-order valence-corrected chi connectivity index (χ3v) is 0.755. The normalized spacial score (nSPS) is 6.55. The van der Waals surface area contributed by atoms with Crippen LogP contribution in [0.4, 0.5) is 0 Å².